The van der Waals surface area contributed by atoms with Gasteiger partial charge in [-0.15, -0.1) is 0 Å². The summed E-state index contributed by atoms with van der Waals surface area (Å²) in [6.07, 6.45) is 5.35. The van der Waals surface area contributed by atoms with Crippen molar-refractivity contribution in [2.45, 2.75) is 40.3 Å². The minimum atomic E-state index is 0.694. The zero-order valence-corrected chi connectivity index (χ0v) is 13.1. The molecule has 2 heterocycles. The third-order valence-electron chi connectivity index (χ3n) is 3.43. The highest BCUT2D eigenvalue weighted by atomic mass is 15.3. The molecule has 1 N–H and O–H groups in total. The zero-order chi connectivity index (χ0) is 14.5. The van der Waals surface area contributed by atoms with Gasteiger partial charge in [-0.2, -0.15) is 5.10 Å². The van der Waals surface area contributed by atoms with Gasteiger partial charge in [0.2, 0.25) is 0 Å². The SMILES string of the molecule is CCc1cc(Cn2ccc(CNCC(C)C)c2)n(C)n1. The summed E-state index contributed by atoms with van der Waals surface area (Å²) in [5, 5.41) is 7.96. The highest BCUT2D eigenvalue weighted by Crippen LogP contribution is 2.08. The van der Waals surface area contributed by atoms with Gasteiger partial charge in [-0.1, -0.05) is 20.8 Å². The molecule has 0 aliphatic rings. The molecular formula is C16H26N4. The van der Waals surface area contributed by atoms with E-state index in [-0.39, 0.29) is 0 Å². The van der Waals surface area contributed by atoms with Crippen LogP contribution in [0.3, 0.4) is 0 Å². The first-order chi connectivity index (χ1) is 9.58. The Labute approximate surface area is 121 Å². The van der Waals surface area contributed by atoms with Crippen LogP contribution in [0.15, 0.2) is 24.5 Å². The summed E-state index contributed by atoms with van der Waals surface area (Å²) in [6, 6.07) is 4.38. The van der Waals surface area contributed by atoms with E-state index >= 15 is 0 Å². The predicted molar refractivity (Wildman–Crippen MR) is 82.7 cm³/mol. The summed E-state index contributed by atoms with van der Waals surface area (Å²) < 4.78 is 4.21. The molecule has 0 radical (unpaired) electrons. The molecule has 110 valence electrons. The van der Waals surface area contributed by atoms with Gasteiger partial charge in [0.05, 0.1) is 17.9 Å². The molecule has 20 heavy (non-hydrogen) atoms. The average molecular weight is 274 g/mol. The first-order valence-electron chi connectivity index (χ1n) is 7.45. The van der Waals surface area contributed by atoms with E-state index in [2.05, 4.69) is 60.3 Å². The predicted octanol–water partition coefficient (Wildman–Crippen LogP) is 2.58. The Hall–Kier alpha value is -1.55. The number of nitrogens with one attached hydrogen (secondary N) is 1. The number of rotatable bonds is 7. The molecule has 0 spiro atoms. The van der Waals surface area contributed by atoms with Crippen molar-refractivity contribution in [2.75, 3.05) is 6.54 Å². The number of nitrogens with zero attached hydrogens (tertiary/aromatic N) is 3. The Morgan fingerprint density at radius 3 is 2.80 bits per heavy atom. The van der Waals surface area contributed by atoms with Crippen molar-refractivity contribution in [1.82, 2.24) is 19.7 Å². The average Bonchev–Trinajstić information content (AvgIpc) is 2.97. The largest absolute Gasteiger partial charge is 0.348 e. The minimum absolute atomic E-state index is 0.694. The van der Waals surface area contributed by atoms with Crippen LogP contribution in [0.1, 0.15) is 37.7 Å². The fourth-order valence-electron chi connectivity index (χ4n) is 2.28. The van der Waals surface area contributed by atoms with E-state index in [1.54, 1.807) is 0 Å². The van der Waals surface area contributed by atoms with Crippen LogP contribution in [0.2, 0.25) is 0 Å². The molecular weight excluding hydrogens is 248 g/mol. The van der Waals surface area contributed by atoms with Crippen molar-refractivity contribution in [2.24, 2.45) is 13.0 Å². The smallest absolute Gasteiger partial charge is 0.0639 e. The van der Waals surface area contributed by atoms with Gasteiger partial charge in [0.1, 0.15) is 0 Å². The number of hydrogen-bond donors (Lipinski definition) is 1. The van der Waals surface area contributed by atoms with Gasteiger partial charge in [-0.3, -0.25) is 4.68 Å². The zero-order valence-electron chi connectivity index (χ0n) is 13.1. The Kier molecular flexibility index (Phi) is 5.01. The third kappa shape index (κ3) is 3.97. The fraction of sp³-hybridized carbons (Fsp3) is 0.562. The molecule has 0 saturated carbocycles. The second-order valence-corrected chi connectivity index (χ2v) is 5.82. The van der Waals surface area contributed by atoms with E-state index in [1.807, 2.05) is 11.7 Å². The normalized spacial score (nSPS) is 11.4. The van der Waals surface area contributed by atoms with Gasteiger partial charge in [0, 0.05) is 26.0 Å². The molecule has 0 unspecified atom stereocenters. The van der Waals surface area contributed by atoms with Gasteiger partial charge < -0.3 is 9.88 Å². The van der Waals surface area contributed by atoms with Crippen molar-refractivity contribution in [3.8, 4) is 0 Å². The lowest BCUT2D eigenvalue weighted by atomic mass is 10.2. The summed E-state index contributed by atoms with van der Waals surface area (Å²) in [4.78, 5) is 0. The first kappa shape index (κ1) is 14.9. The minimum Gasteiger partial charge on any atom is -0.348 e. The van der Waals surface area contributed by atoms with Crippen LogP contribution >= 0.6 is 0 Å². The molecule has 0 saturated heterocycles. The Morgan fingerprint density at radius 1 is 1.35 bits per heavy atom. The molecule has 0 aliphatic carbocycles. The second kappa shape index (κ2) is 6.75. The fourth-order valence-corrected chi connectivity index (χ4v) is 2.28. The summed E-state index contributed by atoms with van der Waals surface area (Å²) in [5.41, 5.74) is 3.75. The highest BCUT2D eigenvalue weighted by Gasteiger charge is 2.05. The molecule has 4 heteroatoms. The summed E-state index contributed by atoms with van der Waals surface area (Å²) in [6.45, 7) is 9.48. The first-order valence-corrected chi connectivity index (χ1v) is 7.45. The van der Waals surface area contributed by atoms with Crippen LogP contribution in [0.4, 0.5) is 0 Å². The number of aryl methyl sites for hydroxylation is 2. The summed E-state index contributed by atoms with van der Waals surface area (Å²) in [5.74, 6) is 0.694. The lowest BCUT2D eigenvalue weighted by Gasteiger charge is -2.06. The third-order valence-corrected chi connectivity index (χ3v) is 3.43. The molecule has 2 rings (SSSR count). The van der Waals surface area contributed by atoms with E-state index in [4.69, 9.17) is 0 Å². The topological polar surface area (TPSA) is 34.8 Å². The molecule has 0 aliphatic heterocycles. The molecule has 0 amide bonds. The maximum Gasteiger partial charge on any atom is 0.0639 e. The molecule has 0 atom stereocenters. The van der Waals surface area contributed by atoms with Gasteiger partial charge in [0.15, 0.2) is 0 Å². The van der Waals surface area contributed by atoms with E-state index in [0.29, 0.717) is 5.92 Å². The van der Waals surface area contributed by atoms with E-state index in [9.17, 15) is 0 Å². The van der Waals surface area contributed by atoms with Crippen molar-refractivity contribution in [1.29, 1.82) is 0 Å². The van der Waals surface area contributed by atoms with Crippen LogP contribution in [0, 0.1) is 5.92 Å². The quantitative estimate of drug-likeness (QED) is 0.842. The monoisotopic (exact) mass is 274 g/mol. The van der Waals surface area contributed by atoms with Gasteiger partial charge in [-0.05, 0) is 36.6 Å². The number of hydrogen-bond acceptors (Lipinski definition) is 2. The van der Waals surface area contributed by atoms with E-state index < -0.39 is 0 Å². The summed E-state index contributed by atoms with van der Waals surface area (Å²) >= 11 is 0. The van der Waals surface area contributed by atoms with E-state index in [0.717, 1.165) is 31.7 Å². The summed E-state index contributed by atoms with van der Waals surface area (Å²) in [7, 11) is 2.02. The van der Waals surface area contributed by atoms with Crippen molar-refractivity contribution in [3.05, 3.63) is 41.5 Å². The molecule has 0 aromatic carbocycles. The Balaban J connectivity index is 1.93. The molecule has 2 aromatic heterocycles. The van der Waals surface area contributed by atoms with Crippen molar-refractivity contribution >= 4 is 0 Å². The van der Waals surface area contributed by atoms with E-state index in [1.165, 1.54) is 11.3 Å². The standard InChI is InChI=1S/C16H26N4/c1-5-15-8-16(19(4)18-15)12-20-7-6-14(11-20)10-17-9-13(2)3/h6-8,11,13,17H,5,9-10,12H2,1-4H3. The maximum absolute atomic E-state index is 4.49. The van der Waals surface area contributed by atoms with Crippen LogP contribution in [0.25, 0.3) is 0 Å². The molecule has 0 fully saturated rings. The molecule has 4 nitrogen and oxygen atoms in total. The van der Waals surface area contributed by atoms with Gasteiger partial charge in [0.25, 0.3) is 0 Å². The Morgan fingerprint density at radius 2 is 2.15 bits per heavy atom. The van der Waals surface area contributed by atoms with Crippen LogP contribution in [-0.4, -0.2) is 20.9 Å². The maximum atomic E-state index is 4.49. The molecule has 2 aromatic rings. The van der Waals surface area contributed by atoms with Gasteiger partial charge >= 0.3 is 0 Å². The van der Waals surface area contributed by atoms with Crippen molar-refractivity contribution < 1.29 is 0 Å². The van der Waals surface area contributed by atoms with Crippen LogP contribution in [0.5, 0.6) is 0 Å². The van der Waals surface area contributed by atoms with Gasteiger partial charge in [-0.25, -0.2) is 0 Å². The van der Waals surface area contributed by atoms with Crippen molar-refractivity contribution in [3.63, 3.8) is 0 Å². The number of aromatic nitrogens is 3. The second-order valence-electron chi connectivity index (χ2n) is 5.82. The Bertz CT molecular complexity index is 536. The lowest BCUT2D eigenvalue weighted by Crippen LogP contribution is -2.18. The van der Waals surface area contributed by atoms with Crippen LogP contribution < -0.4 is 5.32 Å². The lowest BCUT2D eigenvalue weighted by molar-refractivity contribution is 0.552. The highest BCUT2D eigenvalue weighted by molar-refractivity contribution is 5.14. The molecule has 0 bridgehead atoms. The van der Waals surface area contributed by atoms with Crippen LogP contribution in [-0.2, 0) is 26.6 Å².